The number of anilines is 1. The van der Waals surface area contributed by atoms with E-state index in [0.29, 0.717) is 23.4 Å². The first-order valence-electron chi connectivity index (χ1n) is 6.34. The highest BCUT2D eigenvalue weighted by Gasteiger charge is 2.07. The number of nitrogens with one attached hydrogen (secondary N) is 1. The first-order valence-corrected chi connectivity index (χ1v) is 6.34. The van der Waals surface area contributed by atoms with Crippen LogP contribution in [0.4, 0.5) is 5.95 Å². The molecule has 5 heteroatoms. The molecule has 0 aliphatic carbocycles. The lowest BCUT2D eigenvalue weighted by Crippen LogP contribution is -2.22. The van der Waals surface area contributed by atoms with Gasteiger partial charge < -0.3 is 5.32 Å². The fraction of sp³-hybridized carbons (Fsp3) is 0.133. The summed E-state index contributed by atoms with van der Waals surface area (Å²) in [6.45, 7) is 0.576. The lowest BCUT2D eigenvalue weighted by molar-refractivity contribution is 0.837. The van der Waals surface area contributed by atoms with Crippen molar-refractivity contribution in [2.24, 2.45) is 7.05 Å². The molecule has 0 amide bonds. The minimum atomic E-state index is -0.0516. The van der Waals surface area contributed by atoms with Crippen molar-refractivity contribution >= 4 is 16.9 Å². The van der Waals surface area contributed by atoms with Crippen LogP contribution in [0.25, 0.3) is 10.9 Å². The van der Waals surface area contributed by atoms with Crippen LogP contribution in [0, 0.1) is 0 Å². The number of benzene rings is 1. The van der Waals surface area contributed by atoms with E-state index in [4.69, 9.17) is 0 Å². The molecule has 2 heterocycles. The van der Waals surface area contributed by atoms with Gasteiger partial charge in [-0.15, -0.1) is 0 Å². The monoisotopic (exact) mass is 266 g/mol. The van der Waals surface area contributed by atoms with Gasteiger partial charge in [0.05, 0.1) is 10.9 Å². The Bertz CT molecular complexity index is 796. The first-order chi connectivity index (χ1) is 9.75. The van der Waals surface area contributed by atoms with E-state index < -0.39 is 0 Å². The molecule has 0 fully saturated rings. The lowest BCUT2D eigenvalue weighted by atomic mass is 10.2. The van der Waals surface area contributed by atoms with Crippen LogP contribution in [0.15, 0.2) is 53.6 Å². The molecule has 20 heavy (non-hydrogen) atoms. The number of aromatic nitrogens is 3. The van der Waals surface area contributed by atoms with Crippen LogP contribution in [0.3, 0.4) is 0 Å². The highest BCUT2D eigenvalue weighted by molar-refractivity contribution is 5.78. The van der Waals surface area contributed by atoms with Gasteiger partial charge in [-0.05, 0) is 23.8 Å². The maximum Gasteiger partial charge on any atom is 0.262 e. The highest BCUT2D eigenvalue weighted by atomic mass is 16.1. The Morgan fingerprint density at radius 1 is 1.20 bits per heavy atom. The molecule has 1 N–H and O–H groups in total. The van der Waals surface area contributed by atoms with Crippen molar-refractivity contribution in [2.75, 3.05) is 5.32 Å². The SMILES string of the molecule is Cn1c(NCc2cccnc2)nc2ccccc2c1=O. The Kier molecular flexibility index (Phi) is 3.16. The summed E-state index contributed by atoms with van der Waals surface area (Å²) in [6.07, 6.45) is 3.51. The maximum atomic E-state index is 12.2. The van der Waals surface area contributed by atoms with Crippen molar-refractivity contribution in [3.05, 3.63) is 64.7 Å². The highest BCUT2D eigenvalue weighted by Crippen LogP contribution is 2.10. The van der Waals surface area contributed by atoms with E-state index in [1.165, 1.54) is 4.57 Å². The molecule has 0 spiro atoms. The van der Waals surface area contributed by atoms with Crippen molar-refractivity contribution in [3.63, 3.8) is 0 Å². The van der Waals surface area contributed by atoms with Gasteiger partial charge in [-0.1, -0.05) is 18.2 Å². The summed E-state index contributed by atoms with van der Waals surface area (Å²) in [5.41, 5.74) is 1.68. The zero-order valence-corrected chi connectivity index (χ0v) is 11.1. The third-order valence-corrected chi connectivity index (χ3v) is 3.16. The molecule has 0 aliphatic heterocycles. The van der Waals surface area contributed by atoms with Gasteiger partial charge in [0, 0.05) is 26.0 Å². The van der Waals surface area contributed by atoms with E-state index in [1.807, 2.05) is 30.3 Å². The van der Waals surface area contributed by atoms with E-state index in [9.17, 15) is 4.79 Å². The average Bonchev–Trinajstić information content (AvgIpc) is 2.50. The van der Waals surface area contributed by atoms with Crippen molar-refractivity contribution in [1.29, 1.82) is 0 Å². The minimum Gasteiger partial charge on any atom is -0.351 e. The quantitative estimate of drug-likeness (QED) is 0.787. The fourth-order valence-corrected chi connectivity index (χ4v) is 2.06. The molecule has 0 aliphatic rings. The normalized spacial score (nSPS) is 10.7. The molecule has 3 aromatic rings. The molecular formula is C15H14N4O. The Labute approximate surface area is 115 Å². The predicted octanol–water partition coefficient (Wildman–Crippen LogP) is 1.94. The average molecular weight is 266 g/mol. The molecule has 2 aromatic heterocycles. The van der Waals surface area contributed by atoms with Crippen molar-refractivity contribution < 1.29 is 0 Å². The summed E-state index contributed by atoms with van der Waals surface area (Å²) in [5, 5.41) is 3.80. The van der Waals surface area contributed by atoms with Crippen LogP contribution in [0.1, 0.15) is 5.56 Å². The van der Waals surface area contributed by atoms with Gasteiger partial charge in [-0.3, -0.25) is 14.3 Å². The van der Waals surface area contributed by atoms with Crippen LogP contribution >= 0.6 is 0 Å². The number of nitrogens with zero attached hydrogens (tertiary/aromatic N) is 3. The van der Waals surface area contributed by atoms with E-state index >= 15 is 0 Å². The number of hydrogen-bond acceptors (Lipinski definition) is 4. The number of fused-ring (bicyclic) bond motifs is 1. The standard InChI is InChI=1S/C15H14N4O/c1-19-14(20)12-6-2-3-7-13(12)18-15(19)17-10-11-5-4-8-16-9-11/h2-9H,10H2,1H3,(H,17,18). The zero-order chi connectivity index (χ0) is 13.9. The molecule has 0 bridgehead atoms. The van der Waals surface area contributed by atoms with Crippen LogP contribution in [-0.2, 0) is 13.6 Å². The Hall–Kier alpha value is -2.69. The predicted molar refractivity (Wildman–Crippen MR) is 78.5 cm³/mol. The van der Waals surface area contributed by atoms with Crippen LogP contribution in [0.5, 0.6) is 0 Å². The van der Waals surface area contributed by atoms with Crippen molar-refractivity contribution in [1.82, 2.24) is 14.5 Å². The summed E-state index contributed by atoms with van der Waals surface area (Å²) in [5.74, 6) is 0.553. The van der Waals surface area contributed by atoms with Crippen LogP contribution in [-0.4, -0.2) is 14.5 Å². The Morgan fingerprint density at radius 2 is 2.05 bits per heavy atom. The maximum absolute atomic E-state index is 12.2. The molecule has 1 aromatic carbocycles. The van der Waals surface area contributed by atoms with Crippen molar-refractivity contribution in [2.45, 2.75) is 6.54 Å². The fourth-order valence-electron chi connectivity index (χ4n) is 2.06. The third-order valence-electron chi connectivity index (χ3n) is 3.16. The molecule has 3 rings (SSSR count). The van der Waals surface area contributed by atoms with E-state index in [0.717, 1.165) is 5.56 Å². The smallest absolute Gasteiger partial charge is 0.262 e. The van der Waals surface area contributed by atoms with Gasteiger partial charge in [-0.25, -0.2) is 4.98 Å². The van der Waals surface area contributed by atoms with E-state index in [2.05, 4.69) is 15.3 Å². The van der Waals surface area contributed by atoms with Gasteiger partial charge in [0.15, 0.2) is 0 Å². The van der Waals surface area contributed by atoms with E-state index in [-0.39, 0.29) is 5.56 Å². The van der Waals surface area contributed by atoms with Gasteiger partial charge in [0.2, 0.25) is 5.95 Å². The molecular weight excluding hydrogens is 252 g/mol. The molecule has 0 radical (unpaired) electrons. The van der Waals surface area contributed by atoms with Gasteiger partial charge in [-0.2, -0.15) is 0 Å². The first kappa shape index (κ1) is 12.3. The topological polar surface area (TPSA) is 59.8 Å². The Balaban J connectivity index is 1.96. The van der Waals surface area contributed by atoms with Crippen molar-refractivity contribution in [3.8, 4) is 0 Å². The summed E-state index contributed by atoms with van der Waals surface area (Å²) < 4.78 is 1.53. The molecule has 0 saturated carbocycles. The second-order valence-electron chi connectivity index (χ2n) is 4.53. The van der Waals surface area contributed by atoms with Gasteiger partial charge >= 0.3 is 0 Å². The molecule has 100 valence electrons. The summed E-state index contributed by atoms with van der Waals surface area (Å²) in [4.78, 5) is 20.8. The summed E-state index contributed by atoms with van der Waals surface area (Å²) in [7, 11) is 1.72. The zero-order valence-electron chi connectivity index (χ0n) is 11.1. The summed E-state index contributed by atoms with van der Waals surface area (Å²) >= 11 is 0. The van der Waals surface area contributed by atoms with Gasteiger partial charge in [0.1, 0.15) is 0 Å². The number of hydrogen-bond donors (Lipinski definition) is 1. The molecule has 0 saturated heterocycles. The number of para-hydroxylation sites is 1. The molecule has 0 atom stereocenters. The Morgan fingerprint density at radius 3 is 2.85 bits per heavy atom. The third kappa shape index (κ3) is 2.25. The largest absolute Gasteiger partial charge is 0.351 e. The molecule has 5 nitrogen and oxygen atoms in total. The second-order valence-corrected chi connectivity index (χ2v) is 4.53. The molecule has 0 unspecified atom stereocenters. The van der Waals surface area contributed by atoms with Crippen LogP contribution in [0.2, 0.25) is 0 Å². The van der Waals surface area contributed by atoms with E-state index in [1.54, 1.807) is 25.5 Å². The minimum absolute atomic E-state index is 0.0516. The second kappa shape index (κ2) is 5.13. The lowest BCUT2D eigenvalue weighted by Gasteiger charge is -2.11. The number of rotatable bonds is 3. The summed E-state index contributed by atoms with van der Waals surface area (Å²) in [6, 6.07) is 11.2. The van der Waals surface area contributed by atoms with Crippen LogP contribution < -0.4 is 10.9 Å². The number of pyridine rings is 1. The van der Waals surface area contributed by atoms with Gasteiger partial charge in [0.25, 0.3) is 5.56 Å².